The Kier molecular flexibility index (Phi) is 8.19. The molecular formula is C13H24N4O4. The lowest BCUT2D eigenvalue weighted by Crippen LogP contribution is -2.48. The average Bonchev–Trinajstić information content (AvgIpc) is 2.43. The number of carbonyl (C=O) groups excluding carboxylic acids is 1. The molecule has 21 heavy (non-hydrogen) atoms. The summed E-state index contributed by atoms with van der Waals surface area (Å²) >= 11 is 0. The molecule has 1 saturated heterocycles. The molecule has 2 unspecified atom stereocenters. The lowest BCUT2D eigenvalue weighted by atomic mass is 10.3. The van der Waals surface area contributed by atoms with Gasteiger partial charge in [-0.15, -0.1) is 0 Å². The van der Waals surface area contributed by atoms with E-state index in [2.05, 4.69) is 15.3 Å². The Morgan fingerprint density at radius 1 is 1.62 bits per heavy atom. The molecule has 0 amide bonds. The lowest BCUT2D eigenvalue weighted by Gasteiger charge is -2.33. The van der Waals surface area contributed by atoms with Crippen molar-refractivity contribution in [3.05, 3.63) is 0 Å². The van der Waals surface area contributed by atoms with E-state index < -0.39 is 12.0 Å². The second-order valence-electron chi connectivity index (χ2n) is 5.04. The summed E-state index contributed by atoms with van der Waals surface area (Å²) in [6.45, 7) is 5.18. The number of carbonyl (C=O) groups is 1. The number of ether oxygens (including phenoxy) is 2. The van der Waals surface area contributed by atoms with Gasteiger partial charge in [-0.2, -0.15) is 10.7 Å². The summed E-state index contributed by atoms with van der Waals surface area (Å²) in [5.41, 5.74) is 2.43. The first-order valence-corrected chi connectivity index (χ1v) is 6.99. The zero-order valence-electron chi connectivity index (χ0n) is 12.9. The molecule has 1 N–H and O–H groups in total. The van der Waals surface area contributed by atoms with Crippen LogP contribution in [0.3, 0.4) is 0 Å². The van der Waals surface area contributed by atoms with Crippen molar-refractivity contribution in [3.8, 4) is 6.07 Å². The van der Waals surface area contributed by atoms with Gasteiger partial charge in [0.05, 0.1) is 25.4 Å². The Labute approximate surface area is 125 Å². The summed E-state index contributed by atoms with van der Waals surface area (Å²) in [6.07, 6.45) is 0.133. The van der Waals surface area contributed by atoms with Crippen LogP contribution in [0, 0.1) is 11.3 Å². The molecule has 1 fully saturated rings. The maximum absolute atomic E-state index is 11.4. The van der Waals surface area contributed by atoms with Crippen LogP contribution in [0.4, 0.5) is 0 Å². The van der Waals surface area contributed by atoms with Crippen molar-refractivity contribution in [2.45, 2.75) is 19.1 Å². The lowest BCUT2D eigenvalue weighted by molar-refractivity contribution is -0.151. The van der Waals surface area contributed by atoms with E-state index in [1.807, 2.05) is 14.1 Å². The number of esters is 1. The van der Waals surface area contributed by atoms with Gasteiger partial charge in [-0.3, -0.25) is 9.74 Å². The molecule has 0 aromatic rings. The van der Waals surface area contributed by atoms with Gasteiger partial charge in [0.15, 0.2) is 0 Å². The highest BCUT2D eigenvalue weighted by Crippen LogP contribution is 2.05. The number of hydrogen-bond donors (Lipinski definition) is 1. The van der Waals surface area contributed by atoms with Crippen LogP contribution in [-0.4, -0.2) is 81.6 Å². The maximum Gasteiger partial charge on any atom is 0.340 e. The minimum Gasteiger partial charge on any atom is -0.464 e. The SMILES string of the molecule is CCOC(=O)C(C#N)NOCN1CCOC(CN(C)C)C1. The molecule has 1 rings (SSSR count). The molecule has 0 aromatic heterocycles. The van der Waals surface area contributed by atoms with Gasteiger partial charge in [-0.05, 0) is 21.0 Å². The quantitative estimate of drug-likeness (QED) is 0.460. The maximum atomic E-state index is 11.4. The van der Waals surface area contributed by atoms with Gasteiger partial charge in [0.2, 0.25) is 6.04 Å². The van der Waals surface area contributed by atoms with E-state index >= 15 is 0 Å². The predicted octanol–water partition coefficient (Wildman–Crippen LogP) is -0.817. The Morgan fingerprint density at radius 3 is 3.00 bits per heavy atom. The second kappa shape index (κ2) is 9.65. The third-order valence-electron chi connectivity index (χ3n) is 2.89. The monoisotopic (exact) mass is 300 g/mol. The van der Waals surface area contributed by atoms with Crippen LogP contribution in [0.15, 0.2) is 0 Å². The van der Waals surface area contributed by atoms with E-state index in [1.165, 1.54) is 0 Å². The molecule has 2 atom stereocenters. The smallest absolute Gasteiger partial charge is 0.340 e. The molecule has 0 aromatic carbocycles. The molecule has 1 heterocycles. The average molecular weight is 300 g/mol. The van der Waals surface area contributed by atoms with Gasteiger partial charge in [0, 0.05) is 19.6 Å². The summed E-state index contributed by atoms with van der Waals surface area (Å²) in [7, 11) is 3.99. The molecule has 0 radical (unpaired) electrons. The highest BCUT2D eigenvalue weighted by atomic mass is 16.7. The molecule has 0 aliphatic carbocycles. The van der Waals surface area contributed by atoms with Gasteiger partial charge in [0.1, 0.15) is 6.73 Å². The predicted molar refractivity (Wildman–Crippen MR) is 75.0 cm³/mol. The number of rotatable bonds is 8. The third-order valence-corrected chi connectivity index (χ3v) is 2.89. The van der Waals surface area contributed by atoms with E-state index in [4.69, 9.17) is 19.6 Å². The summed E-state index contributed by atoms with van der Waals surface area (Å²) in [4.78, 5) is 20.8. The number of hydroxylamine groups is 1. The first-order chi connectivity index (χ1) is 10.1. The molecule has 1 aliphatic rings. The Balaban J connectivity index is 2.28. The van der Waals surface area contributed by atoms with Crippen LogP contribution in [0.1, 0.15) is 6.92 Å². The second-order valence-corrected chi connectivity index (χ2v) is 5.04. The van der Waals surface area contributed by atoms with Crippen molar-refractivity contribution in [2.75, 3.05) is 53.7 Å². The number of likely N-dealkylation sites (N-methyl/N-ethyl adjacent to an activating group) is 1. The summed E-state index contributed by atoms with van der Waals surface area (Å²) in [5.74, 6) is -0.632. The zero-order chi connectivity index (χ0) is 15.7. The van der Waals surface area contributed by atoms with Crippen LogP contribution in [0.2, 0.25) is 0 Å². The van der Waals surface area contributed by atoms with E-state index in [9.17, 15) is 4.79 Å². The number of nitriles is 1. The van der Waals surface area contributed by atoms with Crippen molar-refractivity contribution < 1.29 is 19.1 Å². The highest BCUT2D eigenvalue weighted by Gasteiger charge is 2.23. The summed E-state index contributed by atoms with van der Waals surface area (Å²) in [5, 5.41) is 8.87. The molecule has 8 nitrogen and oxygen atoms in total. The van der Waals surface area contributed by atoms with Gasteiger partial charge in [-0.25, -0.2) is 4.79 Å². The van der Waals surface area contributed by atoms with Crippen LogP contribution < -0.4 is 5.48 Å². The molecule has 0 saturated carbocycles. The molecule has 0 spiro atoms. The molecular weight excluding hydrogens is 276 g/mol. The van der Waals surface area contributed by atoms with Crippen molar-refractivity contribution in [1.82, 2.24) is 15.3 Å². The number of hydrogen-bond acceptors (Lipinski definition) is 8. The fourth-order valence-electron chi connectivity index (χ4n) is 1.98. The fraction of sp³-hybridized carbons (Fsp3) is 0.846. The number of nitrogens with zero attached hydrogens (tertiary/aromatic N) is 3. The van der Waals surface area contributed by atoms with Crippen molar-refractivity contribution in [2.24, 2.45) is 0 Å². The van der Waals surface area contributed by atoms with E-state index in [0.29, 0.717) is 6.61 Å². The normalized spacial score (nSPS) is 21.0. The number of morpholine rings is 1. The first-order valence-electron chi connectivity index (χ1n) is 6.99. The van der Waals surface area contributed by atoms with Crippen LogP contribution >= 0.6 is 0 Å². The molecule has 8 heteroatoms. The van der Waals surface area contributed by atoms with Crippen LogP contribution in [-0.2, 0) is 19.1 Å². The first kappa shape index (κ1) is 17.8. The molecule has 120 valence electrons. The van der Waals surface area contributed by atoms with Crippen LogP contribution in [0.25, 0.3) is 0 Å². The summed E-state index contributed by atoms with van der Waals surface area (Å²) in [6, 6.07) is 0.691. The van der Waals surface area contributed by atoms with Crippen LogP contribution in [0.5, 0.6) is 0 Å². The van der Waals surface area contributed by atoms with Crippen molar-refractivity contribution >= 4 is 5.97 Å². The van der Waals surface area contributed by atoms with Crippen molar-refractivity contribution in [3.63, 3.8) is 0 Å². The highest BCUT2D eigenvalue weighted by molar-refractivity contribution is 5.78. The molecule has 1 aliphatic heterocycles. The van der Waals surface area contributed by atoms with Gasteiger partial charge in [0.25, 0.3) is 0 Å². The van der Waals surface area contributed by atoms with E-state index in [0.717, 1.165) is 19.6 Å². The van der Waals surface area contributed by atoms with E-state index in [1.54, 1.807) is 13.0 Å². The van der Waals surface area contributed by atoms with Gasteiger partial charge >= 0.3 is 5.97 Å². The summed E-state index contributed by atoms with van der Waals surface area (Å²) < 4.78 is 10.4. The Bertz CT molecular complexity index is 359. The topological polar surface area (TPSA) is 87.1 Å². The standard InChI is InChI=1S/C13H24N4O4/c1-4-19-13(18)12(7-14)15-21-10-17-5-6-20-11(9-17)8-16(2)3/h11-12,15H,4-6,8-10H2,1-3H3. The Hall–Kier alpha value is -1.24. The van der Waals surface area contributed by atoms with Crippen molar-refractivity contribution in [1.29, 1.82) is 5.26 Å². The number of nitrogens with one attached hydrogen (secondary N) is 1. The molecule has 0 bridgehead atoms. The third kappa shape index (κ3) is 6.84. The van der Waals surface area contributed by atoms with E-state index in [-0.39, 0.29) is 19.4 Å². The van der Waals surface area contributed by atoms with Gasteiger partial charge < -0.3 is 14.4 Å². The zero-order valence-corrected chi connectivity index (χ0v) is 12.9. The minimum absolute atomic E-state index is 0.133. The minimum atomic E-state index is -1.11. The fourth-order valence-corrected chi connectivity index (χ4v) is 1.98. The van der Waals surface area contributed by atoms with Gasteiger partial charge in [-0.1, -0.05) is 0 Å². The Morgan fingerprint density at radius 2 is 2.38 bits per heavy atom. The largest absolute Gasteiger partial charge is 0.464 e.